The standard InChI is InChI=1S/C32H70N2O2.2BrH/c1-7-9-11-13-15-17-19-21-23-25-27-33(3,4)30-31(35)29-32(36)34(5,6)28-26-24-22-20-18-16-14-12-10-8-2;;/h31-32,35-36H,7-30H2,1-6H3;2*1H/q+2;;/p-2. The predicted octanol–water partition coefficient (Wildman–Crippen LogP) is 2.06. The van der Waals surface area contributed by atoms with E-state index in [1.807, 2.05) is 0 Å². The van der Waals surface area contributed by atoms with Crippen LogP contribution in [0.1, 0.15) is 149 Å². The molecular formula is C32H70Br2N2O2. The monoisotopic (exact) mass is 672 g/mol. The maximum Gasteiger partial charge on any atom is 0.192 e. The maximum atomic E-state index is 10.9. The Balaban J connectivity index is -0.00000612. The van der Waals surface area contributed by atoms with Crippen LogP contribution in [-0.4, -0.2) is 79.3 Å². The molecule has 0 saturated carbocycles. The average molecular weight is 675 g/mol. The van der Waals surface area contributed by atoms with Gasteiger partial charge >= 0.3 is 0 Å². The Hall–Kier alpha value is 0.800. The highest BCUT2D eigenvalue weighted by molar-refractivity contribution is 4.59. The fourth-order valence-corrected chi connectivity index (χ4v) is 5.45. The molecule has 0 saturated heterocycles. The summed E-state index contributed by atoms with van der Waals surface area (Å²) in [6.45, 7) is 7.38. The Morgan fingerprint density at radius 2 is 0.789 bits per heavy atom. The number of likely N-dealkylation sites (N-methyl/N-ethyl adjacent to an activating group) is 1. The lowest BCUT2D eigenvalue weighted by Gasteiger charge is -2.37. The maximum absolute atomic E-state index is 10.9. The van der Waals surface area contributed by atoms with Crippen molar-refractivity contribution in [2.24, 2.45) is 0 Å². The van der Waals surface area contributed by atoms with Gasteiger partial charge in [-0.25, -0.2) is 0 Å². The van der Waals surface area contributed by atoms with Crippen LogP contribution in [0.3, 0.4) is 0 Å². The first kappa shape index (κ1) is 43.3. The Bertz CT molecular complexity index is 478. The van der Waals surface area contributed by atoms with Gasteiger partial charge in [0.15, 0.2) is 6.23 Å². The van der Waals surface area contributed by atoms with E-state index in [9.17, 15) is 10.2 Å². The minimum absolute atomic E-state index is 0. The van der Waals surface area contributed by atoms with Crippen molar-refractivity contribution in [3.8, 4) is 0 Å². The lowest BCUT2D eigenvalue weighted by Crippen LogP contribution is -3.00. The largest absolute Gasteiger partial charge is 1.00 e. The Morgan fingerprint density at radius 1 is 0.474 bits per heavy atom. The fraction of sp³-hybridized carbons (Fsp3) is 1.00. The highest BCUT2D eigenvalue weighted by Gasteiger charge is 2.30. The molecule has 2 atom stereocenters. The molecule has 6 heteroatoms. The van der Waals surface area contributed by atoms with E-state index in [1.165, 1.54) is 122 Å². The lowest BCUT2D eigenvalue weighted by atomic mass is 10.1. The normalized spacial score (nSPS) is 13.6. The van der Waals surface area contributed by atoms with Crippen molar-refractivity contribution in [1.29, 1.82) is 0 Å². The molecule has 0 aliphatic heterocycles. The van der Waals surface area contributed by atoms with Gasteiger partial charge in [-0.15, -0.1) is 0 Å². The minimum atomic E-state index is -0.490. The van der Waals surface area contributed by atoms with Crippen LogP contribution in [0.5, 0.6) is 0 Å². The van der Waals surface area contributed by atoms with Gasteiger partial charge < -0.3 is 53.1 Å². The van der Waals surface area contributed by atoms with Gasteiger partial charge in [0.25, 0.3) is 0 Å². The van der Waals surface area contributed by atoms with E-state index >= 15 is 0 Å². The predicted molar refractivity (Wildman–Crippen MR) is 159 cm³/mol. The molecule has 0 aliphatic rings. The van der Waals surface area contributed by atoms with E-state index in [1.54, 1.807) is 0 Å². The molecule has 0 heterocycles. The third-order valence-corrected chi connectivity index (χ3v) is 8.20. The van der Waals surface area contributed by atoms with Crippen LogP contribution in [0, 0.1) is 0 Å². The Morgan fingerprint density at radius 3 is 1.16 bits per heavy atom. The van der Waals surface area contributed by atoms with Gasteiger partial charge in [0.05, 0.1) is 47.7 Å². The van der Waals surface area contributed by atoms with Gasteiger partial charge in [-0.1, -0.05) is 117 Å². The number of aliphatic hydroxyl groups excluding tert-OH is 2. The van der Waals surface area contributed by atoms with Gasteiger partial charge in [-0.2, -0.15) is 0 Å². The van der Waals surface area contributed by atoms with Crippen LogP contribution in [0.2, 0.25) is 0 Å². The average Bonchev–Trinajstić information content (AvgIpc) is 2.81. The first-order chi connectivity index (χ1) is 17.1. The summed E-state index contributed by atoms with van der Waals surface area (Å²) in [7, 11) is 8.70. The molecule has 0 spiro atoms. The molecule has 0 fully saturated rings. The quantitative estimate of drug-likeness (QED) is 0.0797. The van der Waals surface area contributed by atoms with E-state index in [0.29, 0.717) is 10.9 Å². The molecule has 0 aliphatic carbocycles. The SMILES string of the molecule is CCCCCCCCCCCC[N+](C)(C)CC(O)CC(O)[N+](C)(C)CCCCCCCCCCCC.[Br-].[Br-]. The molecule has 2 unspecified atom stereocenters. The summed E-state index contributed by atoms with van der Waals surface area (Å²) in [6.07, 6.45) is 26.5. The summed E-state index contributed by atoms with van der Waals surface area (Å²) in [5, 5.41) is 21.6. The molecule has 38 heavy (non-hydrogen) atoms. The molecule has 0 radical (unpaired) electrons. The van der Waals surface area contributed by atoms with Gasteiger partial charge in [0.2, 0.25) is 0 Å². The van der Waals surface area contributed by atoms with Crippen LogP contribution in [0.15, 0.2) is 0 Å². The summed E-state index contributed by atoms with van der Waals surface area (Å²) in [5.74, 6) is 0. The number of hydrogen-bond acceptors (Lipinski definition) is 2. The fourth-order valence-electron chi connectivity index (χ4n) is 5.45. The third kappa shape index (κ3) is 27.0. The summed E-state index contributed by atoms with van der Waals surface area (Å²) >= 11 is 0. The molecule has 0 rings (SSSR count). The van der Waals surface area contributed by atoms with Crippen molar-refractivity contribution in [1.82, 2.24) is 0 Å². The zero-order chi connectivity index (χ0) is 27.1. The highest BCUT2D eigenvalue weighted by Crippen LogP contribution is 2.17. The first-order valence-electron chi connectivity index (χ1n) is 16.2. The van der Waals surface area contributed by atoms with Crippen molar-refractivity contribution in [3.05, 3.63) is 0 Å². The zero-order valence-electron chi connectivity index (χ0n) is 26.7. The third-order valence-electron chi connectivity index (χ3n) is 8.20. The van der Waals surface area contributed by atoms with Crippen LogP contribution in [0.4, 0.5) is 0 Å². The van der Waals surface area contributed by atoms with Crippen molar-refractivity contribution in [2.75, 3.05) is 47.8 Å². The van der Waals surface area contributed by atoms with E-state index in [2.05, 4.69) is 42.0 Å². The number of nitrogens with zero attached hydrogens (tertiary/aromatic N) is 2. The Kier molecular flexibility index (Phi) is 31.8. The molecule has 0 aromatic rings. The molecule has 2 N–H and O–H groups in total. The molecule has 4 nitrogen and oxygen atoms in total. The number of unbranched alkanes of at least 4 members (excludes halogenated alkanes) is 18. The summed E-state index contributed by atoms with van der Waals surface area (Å²) < 4.78 is 1.44. The van der Waals surface area contributed by atoms with Crippen molar-refractivity contribution >= 4 is 0 Å². The lowest BCUT2D eigenvalue weighted by molar-refractivity contribution is -0.939. The van der Waals surface area contributed by atoms with Crippen molar-refractivity contribution in [3.63, 3.8) is 0 Å². The second kappa shape index (κ2) is 27.9. The zero-order valence-corrected chi connectivity index (χ0v) is 29.8. The minimum Gasteiger partial charge on any atom is -1.00 e. The number of quaternary nitrogens is 2. The smallest absolute Gasteiger partial charge is 0.192 e. The molecular weight excluding hydrogens is 604 g/mol. The number of halogens is 2. The number of aliphatic hydroxyl groups is 2. The number of hydrogen-bond donors (Lipinski definition) is 2. The summed E-state index contributed by atoms with van der Waals surface area (Å²) in [6, 6.07) is 0. The van der Waals surface area contributed by atoms with Crippen LogP contribution >= 0.6 is 0 Å². The van der Waals surface area contributed by atoms with Gasteiger partial charge in [-0.05, 0) is 25.7 Å². The van der Waals surface area contributed by atoms with E-state index in [0.717, 1.165) is 30.5 Å². The topological polar surface area (TPSA) is 40.5 Å². The molecule has 0 aromatic heterocycles. The Labute approximate surface area is 261 Å². The van der Waals surface area contributed by atoms with Gasteiger partial charge in [-0.3, -0.25) is 0 Å². The van der Waals surface area contributed by atoms with E-state index < -0.39 is 12.3 Å². The molecule has 0 amide bonds. The van der Waals surface area contributed by atoms with Gasteiger partial charge in [0, 0.05) is 0 Å². The van der Waals surface area contributed by atoms with E-state index in [-0.39, 0.29) is 34.0 Å². The second-order valence-corrected chi connectivity index (χ2v) is 13.1. The molecule has 0 aromatic carbocycles. The van der Waals surface area contributed by atoms with Crippen molar-refractivity contribution < 1.29 is 53.1 Å². The molecule has 0 bridgehead atoms. The number of rotatable bonds is 27. The van der Waals surface area contributed by atoms with E-state index in [4.69, 9.17) is 0 Å². The van der Waals surface area contributed by atoms with Gasteiger partial charge in [0.1, 0.15) is 12.6 Å². The summed E-state index contributed by atoms with van der Waals surface area (Å²) in [4.78, 5) is 0. The second-order valence-electron chi connectivity index (χ2n) is 13.1. The van der Waals surface area contributed by atoms with Crippen LogP contribution < -0.4 is 34.0 Å². The van der Waals surface area contributed by atoms with Crippen LogP contribution in [-0.2, 0) is 0 Å². The van der Waals surface area contributed by atoms with Crippen molar-refractivity contribution in [2.45, 2.75) is 161 Å². The first-order valence-corrected chi connectivity index (χ1v) is 16.2. The highest BCUT2D eigenvalue weighted by atomic mass is 79.9. The van der Waals surface area contributed by atoms with Crippen LogP contribution in [0.25, 0.3) is 0 Å². The molecule has 234 valence electrons. The summed E-state index contributed by atoms with van der Waals surface area (Å²) in [5.41, 5.74) is 0.